The number of halogens is 1. The maximum atomic E-state index is 12.2. The predicted molar refractivity (Wildman–Crippen MR) is 74.1 cm³/mol. The zero-order valence-electron chi connectivity index (χ0n) is 10.6. The lowest BCUT2D eigenvalue weighted by atomic mass is 10.1. The van der Waals surface area contributed by atoms with Crippen LogP contribution in [0.3, 0.4) is 0 Å². The fourth-order valence-corrected chi connectivity index (χ4v) is 3.49. The van der Waals surface area contributed by atoms with Crippen LogP contribution >= 0.6 is 11.6 Å². The van der Waals surface area contributed by atoms with Crippen molar-refractivity contribution < 1.29 is 8.42 Å². The molecular formula is C12H19ClN2O2S. The van der Waals surface area contributed by atoms with Crippen LogP contribution in [-0.4, -0.2) is 21.0 Å². The normalized spacial score (nSPS) is 13.8. The van der Waals surface area contributed by atoms with E-state index in [0.717, 1.165) is 0 Å². The number of hydrogen-bond acceptors (Lipinski definition) is 3. The second-order valence-corrected chi connectivity index (χ2v) is 6.70. The highest BCUT2D eigenvalue weighted by atomic mass is 35.5. The molecule has 0 bridgehead atoms. The van der Waals surface area contributed by atoms with Crippen LogP contribution in [0, 0.1) is 5.92 Å². The molecular weight excluding hydrogens is 272 g/mol. The molecule has 18 heavy (non-hydrogen) atoms. The Kier molecular flexibility index (Phi) is 5.59. The second kappa shape index (κ2) is 6.52. The molecule has 1 aromatic rings. The van der Waals surface area contributed by atoms with E-state index in [1.54, 1.807) is 18.2 Å². The van der Waals surface area contributed by atoms with E-state index in [0.29, 0.717) is 12.3 Å². The molecule has 6 heteroatoms. The minimum Gasteiger partial charge on any atom is -0.329 e. The van der Waals surface area contributed by atoms with Gasteiger partial charge in [0.2, 0.25) is 10.0 Å². The Morgan fingerprint density at radius 1 is 1.33 bits per heavy atom. The Balaban J connectivity index is 2.91. The topological polar surface area (TPSA) is 72.2 Å². The Bertz CT molecular complexity index is 489. The van der Waals surface area contributed by atoms with E-state index in [4.69, 9.17) is 17.3 Å². The van der Waals surface area contributed by atoms with E-state index in [9.17, 15) is 8.42 Å². The second-order valence-electron chi connectivity index (χ2n) is 4.61. The van der Waals surface area contributed by atoms with Crippen LogP contribution in [0.2, 0.25) is 5.02 Å². The highest BCUT2D eigenvalue weighted by molar-refractivity contribution is 7.89. The Morgan fingerprint density at radius 2 is 1.94 bits per heavy atom. The molecule has 0 aliphatic rings. The summed E-state index contributed by atoms with van der Waals surface area (Å²) in [5, 5.41) is 0.213. The van der Waals surface area contributed by atoms with E-state index < -0.39 is 10.0 Å². The van der Waals surface area contributed by atoms with E-state index in [2.05, 4.69) is 4.72 Å². The summed E-state index contributed by atoms with van der Waals surface area (Å²) in [4.78, 5) is 0.0915. The molecule has 0 spiro atoms. The molecule has 102 valence electrons. The van der Waals surface area contributed by atoms with Crippen LogP contribution in [0.25, 0.3) is 0 Å². The quantitative estimate of drug-likeness (QED) is 0.841. The van der Waals surface area contributed by atoms with Gasteiger partial charge in [0.15, 0.2) is 0 Å². The van der Waals surface area contributed by atoms with Crippen molar-refractivity contribution in [2.24, 2.45) is 11.7 Å². The molecule has 1 atom stereocenters. The number of benzene rings is 1. The lowest BCUT2D eigenvalue weighted by molar-refractivity contribution is 0.465. The first-order chi connectivity index (χ1) is 8.36. The van der Waals surface area contributed by atoms with Crippen LogP contribution in [0.1, 0.15) is 20.3 Å². The molecule has 0 saturated heterocycles. The van der Waals surface area contributed by atoms with Crippen molar-refractivity contribution in [3.8, 4) is 0 Å². The first-order valence-corrected chi connectivity index (χ1v) is 7.70. The molecule has 4 nitrogen and oxygen atoms in total. The van der Waals surface area contributed by atoms with Crippen molar-refractivity contribution in [1.82, 2.24) is 4.72 Å². The number of rotatable bonds is 6. The minimum atomic E-state index is -3.61. The fraction of sp³-hybridized carbons (Fsp3) is 0.500. The highest BCUT2D eigenvalue weighted by Gasteiger charge is 2.21. The summed E-state index contributed by atoms with van der Waals surface area (Å²) in [6.07, 6.45) is 0.695. The van der Waals surface area contributed by atoms with Gasteiger partial charge in [-0.2, -0.15) is 0 Å². The van der Waals surface area contributed by atoms with Gasteiger partial charge in [0.25, 0.3) is 0 Å². The molecule has 0 heterocycles. The van der Waals surface area contributed by atoms with Crippen molar-refractivity contribution in [3.05, 3.63) is 29.3 Å². The lowest BCUT2D eigenvalue weighted by Crippen LogP contribution is -2.41. The molecule has 1 rings (SSSR count). The smallest absolute Gasteiger partial charge is 0.242 e. The molecule has 0 amide bonds. The Labute approximate surface area is 114 Å². The Hall–Kier alpha value is -0.620. The minimum absolute atomic E-state index is 0.0915. The van der Waals surface area contributed by atoms with Crippen molar-refractivity contribution >= 4 is 21.6 Å². The number of sulfonamides is 1. The van der Waals surface area contributed by atoms with Gasteiger partial charge in [-0.15, -0.1) is 0 Å². The third-order valence-corrected chi connectivity index (χ3v) is 4.51. The summed E-state index contributed by atoms with van der Waals surface area (Å²) in [5.74, 6) is 0.368. The molecule has 0 radical (unpaired) electrons. The summed E-state index contributed by atoms with van der Waals surface area (Å²) in [6, 6.07) is 6.09. The van der Waals surface area contributed by atoms with E-state index in [-0.39, 0.29) is 22.5 Å². The van der Waals surface area contributed by atoms with Gasteiger partial charge < -0.3 is 5.73 Å². The monoisotopic (exact) mass is 290 g/mol. The SMILES string of the molecule is CC(C)CC(CN)NS(=O)(=O)c1ccccc1Cl. The summed E-state index contributed by atoms with van der Waals surface area (Å²) in [7, 11) is -3.61. The van der Waals surface area contributed by atoms with Crippen LogP contribution < -0.4 is 10.5 Å². The van der Waals surface area contributed by atoms with Crippen LogP contribution in [0.4, 0.5) is 0 Å². The standard InChI is InChI=1S/C12H19ClN2O2S/c1-9(2)7-10(8-14)15-18(16,17)12-6-4-3-5-11(12)13/h3-6,9-10,15H,7-8,14H2,1-2H3. The summed E-state index contributed by atoms with van der Waals surface area (Å²) in [5.41, 5.74) is 5.58. The van der Waals surface area contributed by atoms with E-state index >= 15 is 0 Å². The van der Waals surface area contributed by atoms with Gasteiger partial charge >= 0.3 is 0 Å². The third kappa shape index (κ3) is 4.24. The Morgan fingerprint density at radius 3 is 2.44 bits per heavy atom. The molecule has 0 fully saturated rings. The summed E-state index contributed by atoms with van der Waals surface area (Å²) >= 11 is 5.89. The average molecular weight is 291 g/mol. The lowest BCUT2D eigenvalue weighted by Gasteiger charge is -2.19. The molecule has 3 N–H and O–H groups in total. The van der Waals surface area contributed by atoms with Gasteiger partial charge in [-0.3, -0.25) is 0 Å². The van der Waals surface area contributed by atoms with Crippen LogP contribution in [0.15, 0.2) is 29.2 Å². The molecule has 1 unspecified atom stereocenters. The van der Waals surface area contributed by atoms with E-state index in [1.807, 2.05) is 13.8 Å². The van der Waals surface area contributed by atoms with Crippen molar-refractivity contribution in [2.75, 3.05) is 6.54 Å². The van der Waals surface area contributed by atoms with E-state index in [1.165, 1.54) is 6.07 Å². The van der Waals surface area contributed by atoms with Crippen molar-refractivity contribution in [2.45, 2.75) is 31.2 Å². The summed E-state index contributed by atoms with van der Waals surface area (Å²) < 4.78 is 26.9. The maximum Gasteiger partial charge on any atom is 0.242 e. The first kappa shape index (κ1) is 15.4. The number of nitrogens with one attached hydrogen (secondary N) is 1. The van der Waals surface area contributed by atoms with Gasteiger partial charge in [-0.05, 0) is 24.5 Å². The third-order valence-electron chi connectivity index (χ3n) is 2.49. The molecule has 0 aliphatic carbocycles. The zero-order chi connectivity index (χ0) is 13.8. The zero-order valence-corrected chi connectivity index (χ0v) is 12.1. The first-order valence-electron chi connectivity index (χ1n) is 5.83. The van der Waals surface area contributed by atoms with Crippen molar-refractivity contribution in [3.63, 3.8) is 0 Å². The van der Waals surface area contributed by atoms with Crippen LogP contribution in [-0.2, 0) is 10.0 Å². The average Bonchev–Trinajstić information content (AvgIpc) is 2.27. The largest absolute Gasteiger partial charge is 0.329 e. The van der Waals surface area contributed by atoms with Gasteiger partial charge in [0, 0.05) is 12.6 Å². The fourth-order valence-electron chi connectivity index (χ4n) is 1.71. The van der Waals surface area contributed by atoms with Gasteiger partial charge in [0.05, 0.1) is 5.02 Å². The van der Waals surface area contributed by atoms with Crippen molar-refractivity contribution in [1.29, 1.82) is 0 Å². The molecule has 0 saturated carbocycles. The van der Waals surface area contributed by atoms with Crippen LogP contribution in [0.5, 0.6) is 0 Å². The molecule has 0 aromatic heterocycles. The predicted octanol–water partition coefficient (Wildman–Crippen LogP) is 1.99. The summed E-state index contributed by atoms with van der Waals surface area (Å²) in [6.45, 7) is 4.31. The number of nitrogens with two attached hydrogens (primary N) is 1. The van der Waals surface area contributed by atoms with Gasteiger partial charge in [-0.25, -0.2) is 13.1 Å². The molecule has 1 aromatic carbocycles. The van der Waals surface area contributed by atoms with Gasteiger partial charge in [-0.1, -0.05) is 37.6 Å². The highest BCUT2D eigenvalue weighted by Crippen LogP contribution is 2.21. The maximum absolute atomic E-state index is 12.2. The number of hydrogen-bond donors (Lipinski definition) is 2. The molecule has 0 aliphatic heterocycles. The van der Waals surface area contributed by atoms with Gasteiger partial charge in [0.1, 0.15) is 4.90 Å².